The molecule has 98 valence electrons. The average Bonchev–Trinajstić information content (AvgIpc) is 2.30. The monoisotopic (exact) mass is 249 g/mol. The summed E-state index contributed by atoms with van der Waals surface area (Å²) in [5, 5.41) is 0. The minimum atomic E-state index is -0.0612. The zero-order valence-corrected chi connectivity index (χ0v) is 11.3. The van der Waals surface area contributed by atoms with E-state index in [1.165, 1.54) is 6.08 Å². The predicted molar refractivity (Wildman–Crippen MR) is 68.1 cm³/mol. The van der Waals surface area contributed by atoms with Gasteiger partial charge in [-0.3, -0.25) is 9.59 Å². The quantitative estimate of drug-likeness (QED) is 0.660. The Kier molecular flexibility index (Phi) is 3.39. The van der Waals surface area contributed by atoms with Crippen LogP contribution in [0.1, 0.15) is 27.7 Å². The van der Waals surface area contributed by atoms with Crippen LogP contribution in [0.5, 0.6) is 0 Å². The molecule has 0 saturated carbocycles. The smallest absolute Gasteiger partial charge is 0.205 e. The molecule has 1 saturated heterocycles. The Balaban J connectivity index is 2.26. The van der Waals surface area contributed by atoms with E-state index in [1.54, 1.807) is 13.8 Å². The fourth-order valence-electron chi connectivity index (χ4n) is 2.45. The van der Waals surface area contributed by atoms with Crippen molar-refractivity contribution in [1.82, 2.24) is 4.90 Å². The Bertz CT molecular complexity index is 452. The third-order valence-corrected chi connectivity index (χ3v) is 3.53. The number of carbonyl (C=O) groups excluding carboxylic acids is 2. The van der Waals surface area contributed by atoms with E-state index in [1.807, 2.05) is 18.7 Å². The molecule has 1 heterocycles. The molecular weight excluding hydrogens is 230 g/mol. The highest BCUT2D eigenvalue weighted by atomic mass is 16.5. The topological polar surface area (TPSA) is 46.6 Å². The van der Waals surface area contributed by atoms with Crippen LogP contribution in [0, 0.1) is 0 Å². The SMILES string of the molecule is CC1=C(C)C(=O)C(N2CC(C)OC(C)C2)=CC1=O. The summed E-state index contributed by atoms with van der Waals surface area (Å²) in [6, 6.07) is 0. The second-order valence-corrected chi connectivity index (χ2v) is 5.14. The minimum absolute atomic E-state index is 0.0339. The Morgan fingerprint density at radius 2 is 1.67 bits per heavy atom. The summed E-state index contributed by atoms with van der Waals surface area (Å²) in [6.07, 6.45) is 1.62. The summed E-state index contributed by atoms with van der Waals surface area (Å²) in [6.45, 7) is 8.69. The van der Waals surface area contributed by atoms with Crippen molar-refractivity contribution in [3.8, 4) is 0 Å². The molecule has 0 bridgehead atoms. The highest BCUT2D eigenvalue weighted by molar-refractivity contribution is 6.21. The summed E-state index contributed by atoms with van der Waals surface area (Å²) in [4.78, 5) is 26.0. The number of morpholine rings is 1. The highest BCUT2D eigenvalue weighted by Gasteiger charge is 2.31. The van der Waals surface area contributed by atoms with Crippen LogP contribution in [0.15, 0.2) is 22.9 Å². The lowest BCUT2D eigenvalue weighted by Gasteiger charge is -2.38. The highest BCUT2D eigenvalue weighted by Crippen LogP contribution is 2.24. The first-order valence-electron chi connectivity index (χ1n) is 6.28. The second kappa shape index (κ2) is 4.69. The molecule has 0 amide bonds. The maximum atomic E-state index is 12.2. The zero-order chi connectivity index (χ0) is 13.4. The molecule has 4 heteroatoms. The van der Waals surface area contributed by atoms with E-state index < -0.39 is 0 Å². The van der Waals surface area contributed by atoms with Crippen molar-refractivity contribution >= 4 is 11.6 Å². The van der Waals surface area contributed by atoms with Gasteiger partial charge in [0.2, 0.25) is 5.78 Å². The first kappa shape index (κ1) is 13.0. The fourth-order valence-corrected chi connectivity index (χ4v) is 2.45. The molecule has 0 aromatic rings. The van der Waals surface area contributed by atoms with E-state index in [4.69, 9.17) is 4.74 Å². The molecule has 4 nitrogen and oxygen atoms in total. The number of Topliss-reactive ketones (excluding diaryl/α,β-unsaturated/α-hetero) is 1. The van der Waals surface area contributed by atoms with Crippen molar-refractivity contribution in [2.24, 2.45) is 0 Å². The molecule has 0 aromatic carbocycles. The van der Waals surface area contributed by atoms with Gasteiger partial charge < -0.3 is 9.64 Å². The second-order valence-electron chi connectivity index (χ2n) is 5.14. The Labute approximate surface area is 107 Å². The Morgan fingerprint density at radius 3 is 2.22 bits per heavy atom. The number of nitrogens with zero attached hydrogens (tertiary/aromatic N) is 1. The molecule has 18 heavy (non-hydrogen) atoms. The minimum Gasteiger partial charge on any atom is -0.372 e. The summed E-state index contributed by atoms with van der Waals surface area (Å²) in [5.74, 6) is -0.0951. The van der Waals surface area contributed by atoms with E-state index >= 15 is 0 Å². The molecule has 0 N–H and O–H groups in total. The summed E-state index contributed by atoms with van der Waals surface area (Å²) >= 11 is 0. The zero-order valence-electron chi connectivity index (χ0n) is 11.3. The number of hydrogen-bond donors (Lipinski definition) is 0. The molecule has 0 spiro atoms. The van der Waals surface area contributed by atoms with E-state index in [0.29, 0.717) is 29.9 Å². The van der Waals surface area contributed by atoms with Crippen LogP contribution < -0.4 is 0 Å². The molecule has 0 aromatic heterocycles. The van der Waals surface area contributed by atoms with E-state index in [0.717, 1.165) is 0 Å². The van der Waals surface area contributed by atoms with Gasteiger partial charge in [0.05, 0.1) is 17.9 Å². The maximum absolute atomic E-state index is 12.2. The van der Waals surface area contributed by atoms with Crippen LogP contribution in [-0.2, 0) is 14.3 Å². The van der Waals surface area contributed by atoms with Crippen molar-refractivity contribution < 1.29 is 14.3 Å². The molecule has 2 rings (SSSR count). The van der Waals surface area contributed by atoms with Gasteiger partial charge in [-0.2, -0.15) is 0 Å². The first-order valence-corrected chi connectivity index (χ1v) is 6.28. The molecule has 0 radical (unpaired) electrons. The Hall–Kier alpha value is -1.42. The first-order chi connectivity index (χ1) is 8.40. The number of ketones is 2. The van der Waals surface area contributed by atoms with Crippen molar-refractivity contribution in [3.05, 3.63) is 22.9 Å². The lowest BCUT2D eigenvalue weighted by Crippen LogP contribution is -2.47. The molecular formula is C14H19NO3. The number of rotatable bonds is 1. The summed E-state index contributed by atoms with van der Waals surface area (Å²) < 4.78 is 5.64. The summed E-state index contributed by atoms with van der Waals surface area (Å²) in [7, 11) is 0. The van der Waals surface area contributed by atoms with Crippen molar-refractivity contribution in [2.45, 2.75) is 39.9 Å². The van der Waals surface area contributed by atoms with Crippen LogP contribution in [0.25, 0.3) is 0 Å². The molecule has 2 atom stereocenters. The lowest BCUT2D eigenvalue weighted by molar-refractivity contribution is -0.118. The van der Waals surface area contributed by atoms with E-state index in [2.05, 4.69) is 0 Å². The molecule has 2 unspecified atom stereocenters. The number of ether oxygens (including phenoxy) is 1. The standard InChI is InChI=1S/C14H19NO3/c1-8-6-15(7-9(2)18-8)12-5-13(16)10(3)11(4)14(12)17/h5,8-9H,6-7H2,1-4H3. The third-order valence-electron chi connectivity index (χ3n) is 3.53. The largest absolute Gasteiger partial charge is 0.372 e. The maximum Gasteiger partial charge on any atom is 0.205 e. The number of allylic oxidation sites excluding steroid dienone is 3. The van der Waals surface area contributed by atoms with Gasteiger partial charge in [-0.25, -0.2) is 0 Å². The molecule has 2 aliphatic rings. The normalized spacial score (nSPS) is 29.8. The van der Waals surface area contributed by atoms with Crippen molar-refractivity contribution in [3.63, 3.8) is 0 Å². The molecule has 1 fully saturated rings. The van der Waals surface area contributed by atoms with Crippen molar-refractivity contribution in [1.29, 1.82) is 0 Å². The third kappa shape index (κ3) is 2.25. The fraction of sp³-hybridized carbons (Fsp3) is 0.571. The van der Waals surface area contributed by atoms with Gasteiger partial charge in [0.25, 0.3) is 0 Å². The molecule has 1 aliphatic carbocycles. The van der Waals surface area contributed by atoms with Crippen LogP contribution in [-0.4, -0.2) is 41.8 Å². The predicted octanol–water partition coefficient (Wildman–Crippen LogP) is 1.47. The molecule has 1 aliphatic heterocycles. The number of hydrogen-bond acceptors (Lipinski definition) is 4. The average molecular weight is 249 g/mol. The number of carbonyl (C=O) groups is 2. The van der Waals surface area contributed by atoms with Gasteiger partial charge in [0.1, 0.15) is 0 Å². The van der Waals surface area contributed by atoms with Crippen LogP contribution in [0.2, 0.25) is 0 Å². The van der Waals surface area contributed by atoms with Gasteiger partial charge >= 0.3 is 0 Å². The van der Waals surface area contributed by atoms with E-state index in [9.17, 15) is 9.59 Å². The van der Waals surface area contributed by atoms with Gasteiger partial charge in [-0.15, -0.1) is 0 Å². The lowest BCUT2D eigenvalue weighted by atomic mass is 9.94. The van der Waals surface area contributed by atoms with Crippen LogP contribution in [0.4, 0.5) is 0 Å². The summed E-state index contributed by atoms with van der Waals surface area (Å²) in [5.41, 5.74) is 1.63. The van der Waals surface area contributed by atoms with Crippen LogP contribution in [0.3, 0.4) is 0 Å². The van der Waals surface area contributed by atoms with Gasteiger partial charge in [-0.1, -0.05) is 0 Å². The van der Waals surface area contributed by atoms with Gasteiger partial charge in [0.15, 0.2) is 5.78 Å². The van der Waals surface area contributed by atoms with E-state index in [-0.39, 0.29) is 23.8 Å². The van der Waals surface area contributed by atoms with Crippen LogP contribution >= 0.6 is 0 Å². The Morgan fingerprint density at radius 1 is 1.11 bits per heavy atom. The van der Waals surface area contributed by atoms with Crippen molar-refractivity contribution in [2.75, 3.05) is 13.1 Å². The van der Waals surface area contributed by atoms with Gasteiger partial charge in [0, 0.05) is 30.3 Å². The van der Waals surface area contributed by atoms with Gasteiger partial charge in [-0.05, 0) is 27.7 Å².